The highest BCUT2D eigenvalue weighted by atomic mass is 16.5. The molecule has 0 saturated heterocycles. The van der Waals surface area contributed by atoms with Crippen LogP contribution < -0.4 is 15.4 Å². The van der Waals surface area contributed by atoms with Crippen LogP contribution >= 0.6 is 0 Å². The van der Waals surface area contributed by atoms with Crippen LogP contribution in [0.2, 0.25) is 0 Å². The highest BCUT2D eigenvalue weighted by Crippen LogP contribution is 2.24. The number of benzene rings is 2. The zero-order valence-electron chi connectivity index (χ0n) is 19.4. The van der Waals surface area contributed by atoms with E-state index in [0.29, 0.717) is 37.2 Å². The van der Waals surface area contributed by atoms with Gasteiger partial charge in [-0.05, 0) is 53.3 Å². The molecule has 0 spiro atoms. The summed E-state index contributed by atoms with van der Waals surface area (Å²) in [7, 11) is 0. The second kappa shape index (κ2) is 11.3. The summed E-state index contributed by atoms with van der Waals surface area (Å²) in [6, 6.07) is 18.9. The lowest BCUT2D eigenvalue weighted by atomic mass is 9.87. The molecule has 0 fully saturated rings. The van der Waals surface area contributed by atoms with Crippen LogP contribution in [-0.4, -0.2) is 23.4 Å². The van der Waals surface area contributed by atoms with Gasteiger partial charge in [0, 0.05) is 31.0 Å². The first kappa shape index (κ1) is 24.0. The molecule has 0 radical (unpaired) electrons. The predicted octanol–water partition coefficient (Wildman–Crippen LogP) is 5.11. The van der Waals surface area contributed by atoms with E-state index in [-0.39, 0.29) is 17.2 Å². The van der Waals surface area contributed by atoms with Crippen LogP contribution in [-0.2, 0) is 16.8 Å². The number of para-hydroxylation sites is 1. The Kier molecular flexibility index (Phi) is 8.19. The molecule has 0 aliphatic rings. The van der Waals surface area contributed by atoms with Gasteiger partial charge in [0.2, 0.25) is 5.91 Å². The SMILES string of the molecule is CC(C)(C)c1ccc(OCCCC(=O)NCc2ccccc2NC(=O)c2cccnc2)cc1. The molecule has 0 saturated carbocycles. The number of carbonyl (C=O) groups is 2. The molecular weight excluding hydrogens is 414 g/mol. The number of rotatable bonds is 9. The Labute approximate surface area is 195 Å². The first-order chi connectivity index (χ1) is 15.8. The minimum absolute atomic E-state index is 0.0601. The Bertz CT molecular complexity index is 1060. The predicted molar refractivity (Wildman–Crippen MR) is 130 cm³/mol. The number of nitrogens with one attached hydrogen (secondary N) is 2. The molecule has 6 nitrogen and oxygen atoms in total. The minimum atomic E-state index is -0.241. The Hall–Kier alpha value is -3.67. The van der Waals surface area contributed by atoms with Crippen LogP contribution in [0.5, 0.6) is 5.75 Å². The van der Waals surface area contributed by atoms with Crippen LogP contribution in [0, 0.1) is 0 Å². The number of hydrogen-bond donors (Lipinski definition) is 2. The summed E-state index contributed by atoms with van der Waals surface area (Å²) >= 11 is 0. The van der Waals surface area contributed by atoms with Gasteiger partial charge in [-0.3, -0.25) is 14.6 Å². The summed E-state index contributed by atoms with van der Waals surface area (Å²) in [4.78, 5) is 28.7. The maximum absolute atomic E-state index is 12.4. The first-order valence-electron chi connectivity index (χ1n) is 11.1. The van der Waals surface area contributed by atoms with Crippen molar-refractivity contribution in [3.8, 4) is 5.75 Å². The quantitative estimate of drug-likeness (QED) is 0.449. The molecule has 0 aliphatic carbocycles. The molecule has 1 heterocycles. The van der Waals surface area contributed by atoms with Crippen molar-refractivity contribution in [2.45, 2.75) is 45.6 Å². The number of carbonyl (C=O) groups excluding carboxylic acids is 2. The fourth-order valence-electron chi connectivity index (χ4n) is 3.24. The summed E-state index contributed by atoms with van der Waals surface area (Å²) in [6.45, 7) is 7.33. The Morgan fingerprint density at radius 3 is 2.42 bits per heavy atom. The molecule has 1 aromatic heterocycles. The van der Waals surface area contributed by atoms with Gasteiger partial charge < -0.3 is 15.4 Å². The van der Waals surface area contributed by atoms with Crippen molar-refractivity contribution in [3.63, 3.8) is 0 Å². The number of pyridine rings is 1. The van der Waals surface area contributed by atoms with Crippen molar-refractivity contribution < 1.29 is 14.3 Å². The van der Waals surface area contributed by atoms with Gasteiger partial charge in [-0.25, -0.2) is 0 Å². The smallest absolute Gasteiger partial charge is 0.257 e. The normalized spacial score (nSPS) is 11.0. The van der Waals surface area contributed by atoms with E-state index in [9.17, 15) is 9.59 Å². The molecule has 3 rings (SSSR count). The summed E-state index contributed by atoms with van der Waals surface area (Å²) in [6.07, 6.45) is 4.12. The molecule has 6 heteroatoms. The van der Waals surface area contributed by atoms with Gasteiger partial charge in [0.05, 0.1) is 12.2 Å². The summed E-state index contributed by atoms with van der Waals surface area (Å²) in [5.41, 5.74) is 3.33. The van der Waals surface area contributed by atoms with Gasteiger partial charge in [0.1, 0.15) is 5.75 Å². The molecule has 2 N–H and O–H groups in total. The molecule has 172 valence electrons. The lowest BCUT2D eigenvalue weighted by Gasteiger charge is -2.19. The molecule has 0 aliphatic heterocycles. The highest BCUT2D eigenvalue weighted by molar-refractivity contribution is 6.04. The molecule has 3 aromatic rings. The summed E-state index contributed by atoms with van der Waals surface area (Å²) < 4.78 is 5.76. The lowest BCUT2D eigenvalue weighted by Crippen LogP contribution is -2.24. The Balaban J connectivity index is 1.42. The first-order valence-corrected chi connectivity index (χ1v) is 11.1. The third-order valence-electron chi connectivity index (χ3n) is 5.20. The van der Waals surface area contributed by atoms with E-state index in [0.717, 1.165) is 11.3 Å². The van der Waals surface area contributed by atoms with E-state index < -0.39 is 0 Å². The zero-order valence-corrected chi connectivity index (χ0v) is 19.4. The highest BCUT2D eigenvalue weighted by Gasteiger charge is 2.13. The van der Waals surface area contributed by atoms with Crippen molar-refractivity contribution in [3.05, 3.63) is 89.7 Å². The van der Waals surface area contributed by atoms with Crippen molar-refractivity contribution in [2.75, 3.05) is 11.9 Å². The van der Waals surface area contributed by atoms with Gasteiger partial charge >= 0.3 is 0 Å². The number of ether oxygens (including phenoxy) is 1. The number of aromatic nitrogens is 1. The van der Waals surface area contributed by atoms with Crippen molar-refractivity contribution in [2.24, 2.45) is 0 Å². The molecule has 33 heavy (non-hydrogen) atoms. The monoisotopic (exact) mass is 445 g/mol. The summed E-state index contributed by atoms with van der Waals surface area (Å²) in [5, 5.41) is 5.80. The number of nitrogens with zero attached hydrogens (tertiary/aromatic N) is 1. The number of hydrogen-bond acceptors (Lipinski definition) is 4. The molecule has 0 bridgehead atoms. The van der Waals surface area contributed by atoms with Crippen LogP contribution in [0.3, 0.4) is 0 Å². The topological polar surface area (TPSA) is 80.3 Å². The lowest BCUT2D eigenvalue weighted by molar-refractivity contribution is -0.121. The van der Waals surface area contributed by atoms with Gasteiger partial charge in [0.25, 0.3) is 5.91 Å². The molecule has 2 amide bonds. The zero-order chi connectivity index (χ0) is 23.7. The molecule has 0 unspecified atom stereocenters. The standard InChI is InChI=1S/C27H31N3O3/c1-27(2,3)22-12-14-23(15-13-22)33-17-7-11-25(31)29-19-20-8-4-5-10-24(20)30-26(32)21-9-6-16-28-18-21/h4-6,8-10,12-16,18H,7,11,17,19H2,1-3H3,(H,29,31)(H,30,32). The maximum atomic E-state index is 12.4. The van der Waals surface area contributed by atoms with E-state index >= 15 is 0 Å². The number of amides is 2. The second-order valence-electron chi connectivity index (χ2n) is 8.86. The van der Waals surface area contributed by atoms with E-state index in [2.05, 4.69) is 48.5 Å². The van der Waals surface area contributed by atoms with Gasteiger partial charge in [0.15, 0.2) is 0 Å². The van der Waals surface area contributed by atoms with Gasteiger partial charge in [-0.2, -0.15) is 0 Å². The van der Waals surface area contributed by atoms with E-state index in [1.54, 1.807) is 18.3 Å². The van der Waals surface area contributed by atoms with Gasteiger partial charge in [-0.1, -0.05) is 51.1 Å². The molecule has 0 atom stereocenters. The molecular formula is C27H31N3O3. The minimum Gasteiger partial charge on any atom is -0.494 e. The van der Waals surface area contributed by atoms with Crippen LogP contribution in [0.25, 0.3) is 0 Å². The Morgan fingerprint density at radius 2 is 1.73 bits per heavy atom. The third-order valence-corrected chi connectivity index (χ3v) is 5.20. The second-order valence-corrected chi connectivity index (χ2v) is 8.86. The average molecular weight is 446 g/mol. The average Bonchev–Trinajstić information content (AvgIpc) is 2.81. The maximum Gasteiger partial charge on any atom is 0.257 e. The Morgan fingerprint density at radius 1 is 0.970 bits per heavy atom. The fraction of sp³-hybridized carbons (Fsp3) is 0.296. The van der Waals surface area contributed by atoms with Crippen LogP contribution in [0.1, 0.15) is 55.1 Å². The molecule has 2 aromatic carbocycles. The van der Waals surface area contributed by atoms with Crippen LogP contribution in [0.4, 0.5) is 5.69 Å². The largest absolute Gasteiger partial charge is 0.494 e. The van der Waals surface area contributed by atoms with Crippen molar-refractivity contribution in [1.29, 1.82) is 0 Å². The summed E-state index contributed by atoms with van der Waals surface area (Å²) in [5.74, 6) is 0.506. The van der Waals surface area contributed by atoms with Gasteiger partial charge in [-0.15, -0.1) is 0 Å². The third kappa shape index (κ3) is 7.45. The van der Waals surface area contributed by atoms with E-state index in [1.807, 2.05) is 36.4 Å². The van der Waals surface area contributed by atoms with E-state index in [4.69, 9.17) is 4.74 Å². The van der Waals surface area contributed by atoms with Crippen molar-refractivity contribution >= 4 is 17.5 Å². The van der Waals surface area contributed by atoms with E-state index in [1.165, 1.54) is 11.8 Å². The van der Waals surface area contributed by atoms with Crippen LogP contribution in [0.15, 0.2) is 73.1 Å². The van der Waals surface area contributed by atoms with Crippen molar-refractivity contribution in [1.82, 2.24) is 10.3 Å². The number of anilines is 1. The fourth-order valence-corrected chi connectivity index (χ4v) is 3.24.